The predicted octanol–water partition coefficient (Wildman–Crippen LogP) is 3.29. The molecule has 3 heteroatoms. The van der Waals surface area contributed by atoms with Crippen LogP contribution in [0.5, 0.6) is 0 Å². The molecule has 2 N–H and O–H groups in total. The van der Waals surface area contributed by atoms with Gasteiger partial charge in [0.2, 0.25) is 0 Å². The molecule has 2 aromatic rings. The minimum absolute atomic E-state index is 0.156. The molecular weight excluding hydrogens is 250 g/mol. The third-order valence-corrected chi connectivity index (χ3v) is 4.65. The number of H-pyrrole nitrogens is 1. The van der Waals surface area contributed by atoms with Crippen LogP contribution in [-0.4, -0.2) is 23.3 Å². The van der Waals surface area contributed by atoms with E-state index in [-0.39, 0.29) is 12.2 Å². The second-order valence-electron chi connectivity index (χ2n) is 5.63. The van der Waals surface area contributed by atoms with E-state index in [4.69, 9.17) is 4.74 Å². The SMILES string of the molecule is CCc1ccc2c3c([nH]c2c1)C(CC)(CCO)OCC3. The van der Waals surface area contributed by atoms with E-state index in [0.29, 0.717) is 6.42 Å². The zero-order valence-corrected chi connectivity index (χ0v) is 12.3. The Hall–Kier alpha value is -1.32. The Morgan fingerprint density at radius 3 is 2.90 bits per heavy atom. The molecule has 0 radical (unpaired) electrons. The predicted molar refractivity (Wildman–Crippen MR) is 81.0 cm³/mol. The van der Waals surface area contributed by atoms with Crippen molar-refractivity contribution in [2.45, 2.75) is 45.1 Å². The van der Waals surface area contributed by atoms with Crippen molar-refractivity contribution in [3.8, 4) is 0 Å². The number of aromatic nitrogens is 1. The van der Waals surface area contributed by atoms with E-state index in [1.165, 1.54) is 27.7 Å². The van der Waals surface area contributed by atoms with Crippen LogP contribution in [0.2, 0.25) is 0 Å². The van der Waals surface area contributed by atoms with Crippen molar-refractivity contribution in [3.63, 3.8) is 0 Å². The van der Waals surface area contributed by atoms with Gasteiger partial charge >= 0.3 is 0 Å². The summed E-state index contributed by atoms with van der Waals surface area (Å²) in [7, 11) is 0. The van der Waals surface area contributed by atoms with Crippen LogP contribution in [0, 0.1) is 0 Å². The van der Waals surface area contributed by atoms with Crippen LogP contribution in [0.1, 0.15) is 43.5 Å². The van der Waals surface area contributed by atoms with Gasteiger partial charge in [0.1, 0.15) is 5.60 Å². The van der Waals surface area contributed by atoms with Crippen LogP contribution in [0.4, 0.5) is 0 Å². The molecule has 1 aliphatic heterocycles. The topological polar surface area (TPSA) is 45.2 Å². The minimum atomic E-state index is -0.340. The Kier molecular flexibility index (Phi) is 3.57. The average Bonchev–Trinajstić information content (AvgIpc) is 2.86. The zero-order valence-electron chi connectivity index (χ0n) is 12.3. The molecule has 20 heavy (non-hydrogen) atoms. The Morgan fingerprint density at radius 1 is 1.35 bits per heavy atom. The molecule has 1 unspecified atom stereocenters. The van der Waals surface area contributed by atoms with Gasteiger partial charge in [0.05, 0.1) is 12.3 Å². The van der Waals surface area contributed by atoms with Crippen molar-refractivity contribution in [2.24, 2.45) is 0 Å². The molecule has 1 atom stereocenters. The van der Waals surface area contributed by atoms with Gasteiger partial charge in [-0.25, -0.2) is 0 Å². The summed E-state index contributed by atoms with van der Waals surface area (Å²) in [5, 5.41) is 10.7. The van der Waals surface area contributed by atoms with Crippen LogP contribution >= 0.6 is 0 Å². The molecule has 0 amide bonds. The fourth-order valence-electron chi connectivity index (χ4n) is 3.43. The monoisotopic (exact) mass is 273 g/mol. The van der Waals surface area contributed by atoms with E-state index in [1.807, 2.05) is 0 Å². The largest absolute Gasteiger partial charge is 0.396 e. The van der Waals surface area contributed by atoms with Gasteiger partial charge < -0.3 is 14.8 Å². The van der Waals surface area contributed by atoms with Gasteiger partial charge in [0, 0.05) is 23.9 Å². The van der Waals surface area contributed by atoms with Crippen molar-refractivity contribution < 1.29 is 9.84 Å². The number of fused-ring (bicyclic) bond motifs is 3. The summed E-state index contributed by atoms with van der Waals surface area (Å²) >= 11 is 0. The fraction of sp³-hybridized carbons (Fsp3) is 0.529. The van der Waals surface area contributed by atoms with Gasteiger partial charge in [0.25, 0.3) is 0 Å². The van der Waals surface area contributed by atoms with Crippen molar-refractivity contribution in [1.82, 2.24) is 4.98 Å². The van der Waals surface area contributed by atoms with Crippen LogP contribution in [0.3, 0.4) is 0 Å². The molecule has 0 fully saturated rings. The number of rotatable bonds is 4. The van der Waals surface area contributed by atoms with Crippen LogP contribution in [0.15, 0.2) is 18.2 Å². The Balaban J connectivity index is 2.18. The summed E-state index contributed by atoms with van der Waals surface area (Å²) in [5.41, 5.74) is 4.78. The normalized spacial score (nSPS) is 22.1. The second kappa shape index (κ2) is 5.23. The third kappa shape index (κ3) is 1.97. The highest BCUT2D eigenvalue weighted by atomic mass is 16.5. The average molecular weight is 273 g/mol. The molecule has 0 saturated carbocycles. The lowest BCUT2D eigenvalue weighted by Gasteiger charge is -2.36. The van der Waals surface area contributed by atoms with E-state index >= 15 is 0 Å². The number of ether oxygens (including phenoxy) is 1. The first-order valence-corrected chi connectivity index (χ1v) is 7.63. The van der Waals surface area contributed by atoms with Gasteiger partial charge in [-0.2, -0.15) is 0 Å². The number of hydrogen-bond donors (Lipinski definition) is 2. The summed E-state index contributed by atoms with van der Waals surface area (Å²) in [5.74, 6) is 0. The number of aliphatic hydroxyl groups is 1. The summed E-state index contributed by atoms with van der Waals surface area (Å²) in [4.78, 5) is 3.58. The molecule has 1 aliphatic rings. The highest BCUT2D eigenvalue weighted by Crippen LogP contribution is 2.41. The summed E-state index contributed by atoms with van der Waals surface area (Å²) in [6.07, 6.45) is 3.54. The van der Waals surface area contributed by atoms with Crippen LogP contribution in [-0.2, 0) is 23.2 Å². The van der Waals surface area contributed by atoms with E-state index in [1.54, 1.807) is 0 Å². The van der Waals surface area contributed by atoms with E-state index in [2.05, 4.69) is 37.0 Å². The van der Waals surface area contributed by atoms with Gasteiger partial charge in [0.15, 0.2) is 0 Å². The van der Waals surface area contributed by atoms with Crippen molar-refractivity contribution in [1.29, 1.82) is 0 Å². The smallest absolute Gasteiger partial charge is 0.110 e. The number of aliphatic hydroxyl groups excluding tert-OH is 1. The number of aromatic amines is 1. The first-order chi connectivity index (χ1) is 9.74. The summed E-state index contributed by atoms with van der Waals surface area (Å²) in [6, 6.07) is 6.69. The lowest BCUT2D eigenvalue weighted by Crippen LogP contribution is -2.36. The van der Waals surface area contributed by atoms with Gasteiger partial charge in [-0.1, -0.05) is 26.0 Å². The standard InChI is InChI=1S/C17H23NO2/c1-3-12-5-6-13-14-7-10-20-17(4-2,8-9-19)16(14)18-15(13)11-12/h5-6,11,18-19H,3-4,7-10H2,1-2H3. The fourth-order valence-corrected chi connectivity index (χ4v) is 3.43. The molecule has 1 aromatic carbocycles. The van der Waals surface area contributed by atoms with Crippen molar-refractivity contribution in [3.05, 3.63) is 35.0 Å². The van der Waals surface area contributed by atoms with Crippen molar-refractivity contribution in [2.75, 3.05) is 13.2 Å². The highest BCUT2D eigenvalue weighted by molar-refractivity contribution is 5.86. The van der Waals surface area contributed by atoms with Gasteiger partial charge in [-0.3, -0.25) is 0 Å². The molecule has 2 heterocycles. The molecule has 3 nitrogen and oxygen atoms in total. The molecule has 0 aliphatic carbocycles. The zero-order chi connectivity index (χ0) is 14.2. The van der Waals surface area contributed by atoms with Gasteiger partial charge in [-0.15, -0.1) is 0 Å². The first kappa shape index (κ1) is 13.7. The summed E-state index contributed by atoms with van der Waals surface area (Å²) < 4.78 is 6.08. The Bertz CT molecular complexity index is 617. The lowest BCUT2D eigenvalue weighted by molar-refractivity contribution is -0.0795. The van der Waals surface area contributed by atoms with Crippen LogP contribution < -0.4 is 0 Å². The van der Waals surface area contributed by atoms with E-state index < -0.39 is 0 Å². The maximum absolute atomic E-state index is 9.40. The molecule has 1 aromatic heterocycles. The van der Waals surface area contributed by atoms with Crippen molar-refractivity contribution >= 4 is 10.9 Å². The third-order valence-electron chi connectivity index (χ3n) is 4.65. The first-order valence-electron chi connectivity index (χ1n) is 7.63. The number of aryl methyl sites for hydroxylation is 1. The summed E-state index contributed by atoms with van der Waals surface area (Å²) in [6.45, 7) is 5.20. The molecule has 0 bridgehead atoms. The molecule has 0 saturated heterocycles. The Morgan fingerprint density at radius 2 is 2.20 bits per heavy atom. The highest BCUT2D eigenvalue weighted by Gasteiger charge is 2.38. The molecule has 108 valence electrons. The lowest BCUT2D eigenvalue weighted by atomic mass is 9.86. The number of nitrogens with one attached hydrogen (secondary N) is 1. The number of hydrogen-bond acceptors (Lipinski definition) is 2. The van der Waals surface area contributed by atoms with E-state index in [0.717, 1.165) is 25.9 Å². The minimum Gasteiger partial charge on any atom is -0.396 e. The molecular formula is C17H23NO2. The molecule has 0 spiro atoms. The second-order valence-corrected chi connectivity index (χ2v) is 5.63. The maximum atomic E-state index is 9.40. The van der Waals surface area contributed by atoms with E-state index in [9.17, 15) is 5.11 Å². The number of benzene rings is 1. The quantitative estimate of drug-likeness (QED) is 0.898. The maximum Gasteiger partial charge on any atom is 0.110 e. The van der Waals surface area contributed by atoms with Gasteiger partial charge in [-0.05, 0) is 36.5 Å². The molecule has 3 rings (SSSR count). The van der Waals surface area contributed by atoms with Crippen LogP contribution in [0.25, 0.3) is 10.9 Å². The Labute approximate surface area is 120 Å².